The predicted molar refractivity (Wildman–Crippen MR) is 90.7 cm³/mol. The van der Waals surface area contributed by atoms with Crippen molar-refractivity contribution >= 4 is 5.91 Å². The number of rotatable bonds is 7. The van der Waals surface area contributed by atoms with Crippen molar-refractivity contribution in [3.8, 4) is 0 Å². The summed E-state index contributed by atoms with van der Waals surface area (Å²) in [5.41, 5.74) is 2.37. The molecule has 1 unspecified atom stereocenters. The molecule has 1 fully saturated rings. The van der Waals surface area contributed by atoms with Crippen molar-refractivity contribution in [2.75, 3.05) is 13.2 Å². The fourth-order valence-electron chi connectivity index (χ4n) is 3.02. The van der Waals surface area contributed by atoms with Crippen LogP contribution in [0.2, 0.25) is 0 Å². The average molecular weight is 309 g/mol. The summed E-state index contributed by atoms with van der Waals surface area (Å²) in [6.07, 6.45) is 1.76. The average Bonchev–Trinajstić information content (AvgIpc) is 2.94. The Hall–Kier alpha value is -2.13. The summed E-state index contributed by atoms with van der Waals surface area (Å²) in [4.78, 5) is 14.4. The van der Waals surface area contributed by atoms with Gasteiger partial charge in [0.15, 0.2) is 0 Å². The third kappa shape index (κ3) is 4.42. The molecule has 3 heteroatoms. The number of likely N-dealkylation sites (tertiary alicyclic amines) is 1. The lowest BCUT2D eigenvalue weighted by Gasteiger charge is -2.17. The Morgan fingerprint density at radius 3 is 2.30 bits per heavy atom. The highest BCUT2D eigenvalue weighted by Gasteiger charge is 2.30. The Morgan fingerprint density at radius 1 is 0.957 bits per heavy atom. The zero-order chi connectivity index (χ0) is 15.9. The van der Waals surface area contributed by atoms with Crippen LogP contribution in [0.3, 0.4) is 0 Å². The van der Waals surface area contributed by atoms with E-state index in [2.05, 4.69) is 24.3 Å². The number of carbonyl (C=O) groups is 1. The zero-order valence-corrected chi connectivity index (χ0v) is 13.4. The van der Waals surface area contributed by atoms with Crippen molar-refractivity contribution in [2.45, 2.75) is 26.0 Å². The highest BCUT2D eigenvalue weighted by atomic mass is 16.5. The highest BCUT2D eigenvalue weighted by molar-refractivity contribution is 5.80. The molecule has 3 nitrogen and oxygen atoms in total. The van der Waals surface area contributed by atoms with E-state index in [-0.39, 0.29) is 11.8 Å². The molecule has 0 aromatic heterocycles. The van der Waals surface area contributed by atoms with Gasteiger partial charge in [-0.2, -0.15) is 0 Å². The van der Waals surface area contributed by atoms with Gasteiger partial charge in [-0.25, -0.2) is 0 Å². The van der Waals surface area contributed by atoms with Gasteiger partial charge in [0.2, 0.25) is 5.91 Å². The molecule has 1 aliphatic heterocycles. The first-order valence-corrected chi connectivity index (χ1v) is 8.27. The van der Waals surface area contributed by atoms with Crippen molar-refractivity contribution < 1.29 is 9.53 Å². The number of carbonyl (C=O) groups excluding carboxylic acids is 1. The minimum Gasteiger partial charge on any atom is -0.377 e. The third-order valence-corrected chi connectivity index (χ3v) is 4.35. The molecule has 0 radical (unpaired) electrons. The molecule has 0 aliphatic carbocycles. The van der Waals surface area contributed by atoms with Crippen LogP contribution in [0.25, 0.3) is 0 Å². The maximum absolute atomic E-state index is 12.4. The van der Waals surface area contributed by atoms with E-state index in [1.165, 1.54) is 11.1 Å². The monoisotopic (exact) mass is 309 g/mol. The van der Waals surface area contributed by atoms with Gasteiger partial charge in [0.1, 0.15) is 0 Å². The second-order valence-corrected chi connectivity index (χ2v) is 6.06. The molecule has 0 spiro atoms. The molecule has 0 bridgehead atoms. The van der Waals surface area contributed by atoms with Gasteiger partial charge < -0.3 is 9.64 Å². The van der Waals surface area contributed by atoms with Crippen molar-refractivity contribution in [2.24, 2.45) is 5.92 Å². The molecule has 3 rings (SSSR count). The minimum atomic E-state index is 0.120. The van der Waals surface area contributed by atoms with E-state index in [1.807, 2.05) is 41.3 Å². The van der Waals surface area contributed by atoms with Crippen LogP contribution in [0, 0.1) is 5.92 Å². The Balaban J connectivity index is 1.41. The van der Waals surface area contributed by atoms with Gasteiger partial charge in [0.05, 0.1) is 6.61 Å². The molecule has 0 saturated carbocycles. The van der Waals surface area contributed by atoms with Crippen molar-refractivity contribution in [3.05, 3.63) is 71.8 Å². The summed E-state index contributed by atoms with van der Waals surface area (Å²) in [5, 5.41) is 0. The van der Waals surface area contributed by atoms with E-state index in [9.17, 15) is 4.79 Å². The SMILES string of the molecule is O=C1C(CCOCc2ccccc2)CCN1Cc1ccccc1. The van der Waals surface area contributed by atoms with Crippen LogP contribution >= 0.6 is 0 Å². The first-order valence-electron chi connectivity index (χ1n) is 8.27. The molecular formula is C20H23NO2. The summed E-state index contributed by atoms with van der Waals surface area (Å²) in [7, 11) is 0. The molecule has 2 aromatic carbocycles. The summed E-state index contributed by atoms with van der Waals surface area (Å²) >= 11 is 0. The fourth-order valence-corrected chi connectivity index (χ4v) is 3.02. The largest absolute Gasteiger partial charge is 0.377 e. The van der Waals surface area contributed by atoms with Crippen LogP contribution in [0.5, 0.6) is 0 Å². The van der Waals surface area contributed by atoms with E-state index in [4.69, 9.17) is 4.74 Å². The Morgan fingerprint density at radius 2 is 1.61 bits per heavy atom. The van der Waals surface area contributed by atoms with E-state index in [0.29, 0.717) is 13.2 Å². The fraction of sp³-hybridized carbons (Fsp3) is 0.350. The second-order valence-electron chi connectivity index (χ2n) is 6.06. The standard InChI is InChI=1S/C20H23NO2/c22-20-19(12-14-23-16-18-9-5-2-6-10-18)11-13-21(20)15-17-7-3-1-4-8-17/h1-10,19H,11-16H2. The molecule has 120 valence electrons. The lowest BCUT2D eigenvalue weighted by atomic mass is 10.1. The quantitative estimate of drug-likeness (QED) is 0.731. The van der Waals surface area contributed by atoms with E-state index in [0.717, 1.165) is 25.9 Å². The van der Waals surface area contributed by atoms with Crippen LogP contribution in [0.1, 0.15) is 24.0 Å². The lowest BCUT2D eigenvalue weighted by molar-refractivity contribution is -0.132. The predicted octanol–water partition coefficient (Wildman–Crippen LogP) is 3.64. The highest BCUT2D eigenvalue weighted by Crippen LogP contribution is 2.23. The van der Waals surface area contributed by atoms with Gasteiger partial charge in [-0.1, -0.05) is 60.7 Å². The molecule has 2 aromatic rings. The number of benzene rings is 2. The van der Waals surface area contributed by atoms with Gasteiger partial charge in [-0.3, -0.25) is 4.79 Å². The maximum atomic E-state index is 12.4. The number of ether oxygens (including phenoxy) is 1. The van der Waals surface area contributed by atoms with E-state index < -0.39 is 0 Å². The number of nitrogens with zero attached hydrogens (tertiary/aromatic N) is 1. The van der Waals surface area contributed by atoms with Crippen LogP contribution in [0.4, 0.5) is 0 Å². The Kier molecular flexibility index (Phi) is 5.43. The second kappa shape index (κ2) is 7.93. The smallest absolute Gasteiger partial charge is 0.226 e. The molecule has 1 saturated heterocycles. The number of hydrogen-bond donors (Lipinski definition) is 0. The molecule has 1 heterocycles. The van der Waals surface area contributed by atoms with Crippen LogP contribution in [0.15, 0.2) is 60.7 Å². The molecule has 1 atom stereocenters. The number of hydrogen-bond acceptors (Lipinski definition) is 2. The molecule has 1 aliphatic rings. The summed E-state index contributed by atoms with van der Waals surface area (Å²) < 4.78 is 5.71. The van der Waals surface area contributed by atoms with Gasteiger partial charge in [-0.05, 0) is 24.0 Å². The van der Waals surface area contributed by atoms with Crippen molar-refractivity contribution in [1.82, 2.24) is 4.90 Å². The summed E-state index contributed by atoms with van der Waals surface area (Å²) in [6, 6.07) is 20.3. The van der Waals surface area contributed by atoms with E-state index >= 15 is 0 Å². The summed E-state index contributed by atoms with van der Waals surface area (Å²) in [6.45, 7) is 2.85. The molecule has 0 N–H and O–H groups in total. The molecule has 1 amide bonds. The van der Waals surface area contributed by atoms with Gasteiger partial charge in [0, 0.05) is 25.6 Å². The van der Waals surface area contributed by atoms with Gasteiger partial charge >= 0.3 is 0 Å². The lowest BCUT2D eigenvalue weighted by Crippen LogP contribution is -2.27. The first kappa shape index (κ1) is 15.8. The Labute approximate surface area is 137 Å². The molecule has 23 heavy (non-hydrogen) atoms. The summed E-state index contributed by atoms with van der Waals surface area (Å²) in [5.74, 6) is 0.395. The van der Waals surface area contributed by atoms with Crippen LogP contribution < -0.4 is 0 Å². The topological polar surface area (TPSA) is 29.5 Å². The zero-order valence-electron chi connectivity index (χ0n) is 13.4. The normalized spacial score (nSPS) is 17.7. The van der Waals surface area contributed by atoms with Crippen molar-refractivity contribution in [1.29, 1.82) is 0 Å². The maximum Gasteiger partial charge on any atom is 0.226 e. The minimum absolute atomic E-state index is 0.120. The van der Waals surface area contributed by atoms with Crippen molar-refractivity contribution in [3.63, 3.8) is 0 Å². The third-order valence-electron chi connectivity index (χ3n) is 4.35. The van der Waals surface area contributed by atoms with Crippen LogP contribution in [-0.4, -0.2) is 24.0 Å². The Bertz CT molecular complexity index is 612. The number of amides is 1. The first-order chi connectivity index (χ1) is 11.3. The van der Waals surface area contributed by atoms with Gasteiger partial charge in [0.25, 0.3) is 0 Å². The van der Waals surface area contributed by atoms with E-state index in [1.54, 1.807) is 0 Å². The van der Waals surface area contributed by atoms with Gasteiger partial charge in [-0.15, -0.1) is 0 Å². The molecular weight excluding hydrogens is 286 g/mol. The van der Waals surface area contributed by atoms with Crippen LogP contribution in [-0.2, 0) is 22.7 Å².